The number of hydrogen-bond acceptors (Lipinski definition) is 3. The lowest BCUT2D eigenvalue weighted by atomic mass is 10.1. The van der Waals surface area contributed by atoms with E-state index in [4.69, 9.17) is 4.42 Å². The van der Waals surface area contributed by atoms with Crippen LogP contribution in [0.3, 0.4) is 0 Å². The minimum atomic E-state index is 0.707. The highest BCUT2D eigenvalue weighted by Crippen LogP contribution is 2.32. The number of nitrogens with one attached hydrogen (secondary N) is 1. The number of amides is 1. The van der Waals surface area contributed by atoms with Crippen molar-refractivity contribution in [2.45, 2.75) is 0 Å². The fraction of sp³-hybridized carbons (Fsp3) is 0.0588. The molecule has 0 aliphatic heterocycles. The van der Waals surface area contributed by atoms with Crippen LogP contribution in [0.4, 0.5) is 5.69 Å². The molecular weight excluding hydrogens is 278 g/mol. The first kappa shape index (κ1) is 12.6. The zero-order chi connectivity index (χ0) is 15.1. The van der Waals surface area contributed by atoms with Gasteiger partial charge < -0.3 is 9.32 Å². The van der Waals surface area contributed by atoms with Crippen molar-refractivity contribution in [3.63, 3.8) is 0 Å². The number of H-pyrrole nitrogens is 1. The molecule has 0 bridgehead atoms. The molecule has 0 saturated heterocycles. The number of hydrogen-bond donors (Lipinski definition) is 1. The van der Waals surface area contributed by atoms with Gasteiger partial charge in [0.15, 0.2) is 5.76 Å². The van der Waals surface area contributed by atoms with Crippen molar-refractivity contribution in [2.24, 2.45) is 0 Å². The van der Waals surface area contributed by atoms with E-state index in [0.717, 1.165) is 39.7 Å². The molecule has 0 atom stereocenters. The fourth-order valence-electron chi connectivity index (χ4n) is 2.57. The Morgan fingerprint density at radius 2 is 2.05 bits per heavy atom. The van der Waals surface area contributed by atoms with Gasteiger partial charge in [0.25, 0.3) is 0 Å². The fourth-order valence-corrected chi connectivity index (χ4v) is 2.57. The molecule has 2 heterocycles. The molecule has 0 aliphatic carbocycles. The molecule has 22 heavy (non-hydrogen) atoms. The average molecular weight is 291 g/mol. The second kappa shape index (κ2) is 4.73. The monoisotopic (exact) mass is 291 g/mol. The maximum atomic E-state index is 10.9. The molecule has 0 aliphatic rings. The largest absolute Gasteiger partial charge is 0.454 e. The Balaban J connectivity index is 1.92. The van der Waals surface area contributed by atoms with E-state index < -0.39 is 0 Å². The number of para-hydroxylation sites is 1. The smallest absolute Gasteiger partial charge is 0.213 e. The molecule has 2 aromatic heterocycles. The number of carbonyl (C=O) groups excluding carboxylic acids is 1. The molecule has 108 valence electrons. The highest BCUT2D eigenvalue weighted by Gasteiger charge is 2.14. The average Bonchev–Trinajstić information content (AvgIpc) is 3.16. The van der Waals surface area contributed by atoms with Crippen LogP contribution in [0, 0.1) is 0 Å². The first-order chi connectivity index (χ1) is 10.8. The van der Waals surface area contributed by atoms with E-state index in [9.17, 15) is 4.79 Å². The van der Waals surface area contributed by atoms with E-state index in [2.05, 4.69) is 10.2 Å². The molecule has 5 nitrogen and oxygen atoms in total. The van der Waals surface area contributed by atoms with Crippen LogP contribution in [0.15, 0.2) is 52.9 Å². The lowest BCUT2D eigenvalue weighted by molar-refractivity contribution is -0.107. The minimum absolute atomic E-state index is 0.707. The molecule has 4 rings (SSSR count). The number of aromatic amines is 1. The van der Waals surface area contributed by atoms with Crippen LogP contribution in [-0.2, 0) is 4.79 Å². The summed E-state index contributed by atoms with van der Waals surface area (Å²) in [6.45, 7) is 0. The number of benzene rings is 2. The standard InChI is InChI=1S/C17H13N3O2/c1-20(10-21)12-6-7-14-13(9-12)17(19-18-14)16-8-11-4-2-3-5-15(11)22-16/h2-10H,1H3,(H,18,19). The Morgan fingerprint density at radius 3 is 2.86 bits per heavy atom. The first-order valence-corrected chi connectivity index (χ1v) is 6.91. The molecule has 0 unspecified atom stereocenters. The molecule has 0 fully saturated rings. The Labute approximate surface area is 126 Å². The van der Waals surface area contributed by atoms with Crippen molar-refractivity contribution in [1.29, 1.82) is 0 Å². The normalized spacial score (nSPS) is 11.1. The number of furan rings is 1. The summed E-state index contributed by atoms with van der Waals surface area (Å²) in [5, 5.41) is 9.32. The molecule has 0 radical (unpaired) electrons. The predicted molar refractivity (Wildman–Crippen MR) is 85.8 cm³/mol. The van der Waals surface area contributed by atoms with Crippen molar-refractivity contribution in [3.05, 3.63) is 48.5 Å². The summed E-state index contributed by atoms with van der Waals surface area (Å²) in [6.07, 6.45) is 0.780. The van der Waals surface area contributed by atoms with Gasteiger partial charge in [-0.3, -0.25) is 9.89 Å². The quantitative estimate of drug-likeness (QED) is 0.587. The Morgan fingerprint density at radius 1 is 1.18 bits per heavy atom. The van der Waals surface area contributed by atoms with E-state index in [0.29, 0.717) is 5.76 Å². The van der Waals surface area contributed by atoms with Crippen molar-refractivity contribution in [2.75, 3.05) is 11.9 Å². The molecule has 1 amide bonds. The first-order valence-electron chi connectivity index (χ1n) is 6.91. The SMILES string of the molecule is CN(C=O)c1ccc2[nH]nc(-c3cc4ccccc4o3)c2c1. The van der Waals surface area contributed by atoms with Crippen molar-refractivity contribution < 1.29 is 9.21 Å². The van der Waals surface area contributed by atoms with Crippen molar-refractivity contribution in [1.82, 2.24) is 10.2 Å². The Hall–Kier alpha value is -3.08. The summed E-state index contributed by atoms with van der Waals surface area (Å²) in [5.41, 5.74) is 3.28. The lowest BCUT2D eigenvalue weighted by Crippen LogP contribution is -2.13. The third-order valence-electron chi connectivity index (χ3n) is 3.77. The van der Waals surface area contributed by atoms with Gasteiger partial charge in [-0.05, 0) is 30.3 Å². The van der Waals surface area contributed by atoms with Gasteiger partial charge in [0, 0.05) is 23.5 Å². The van der Waals surface area contributed by atoms with Gasteiger partial charge in [-0.15, -0.1) is 0 Å². The van der Waals surface area contributed by atoms with Crippen LogP contribution < -0.4 is 4.90 Å². The summed E-state index contributed by atoms with van der Waals surface area (Å²) in [4.78, 5) is 12.5. The number of rotatable bonds is 3. The van der Waals surface area contributed by atoms with Gasteiger partial charge in [-0.25, -0.2) is 0 Å². The van der Waals surface area contributed by atoms with Crippen LogP contribution in [0.2, 0.25) is 0 Å². The number of nitrogens with zero attached hydrogens (tertiary/aromatic N) is 2. The van der Waals surface area contributed by atoms with Crippen LogP contribution in [0.1, 0.15) is 0 Å². The van der Waals surface area contributed by atoms with Gasteiger partial charge in [-0.2, -0.15) is 5.10 Å². The lowest BCUT2D eigenvalue weighted by Gasteiger charge is -2.10. The maximum absolute atomic E-state index is 10.9. The summed E-state index contributed by atoms with van der Waals surface area (Å²) >= 11 is 0. The van der Waals surface area contributed by atoms with E-state index in [1.54, 1.807) is 7.05 Å². The van der Waals surface area contributed by atoms with Crippen LogP contribution >= 0.6 is 0 Å². The van der Waals surface area contributed by atoms with Crippen molar-refractivity contribution >= 4 is 34.0 Å². The van der Waals surface area contributed by atoms with Gasteiger partial charge in [-0.1, -0.05) is 18.2 Å². The highest BCUT2D eigenvalue weighted by atomic mass is 16.3. The van der Waals surface area contributed by atoms with Crippen molar-refractivity contribution in [3.8, 4) is 11.5 Å². The minimum Gasteiger partial charge on any atom is -0.454 e. The van der Waals surface area contributed by atoms with E-state index in [1.807, 2.05) is 48.5 Å². The maximum Gasteiger partial charge on any atom is 0.213 e. The second-order valence-electron chi connectivity index (χ2n) is 5.17. The van der Waals surface area contributed by atoms with E-state index in [-0.39, 0.29) is 0 Å². The molecule has 0 saturated carbocycles. The highest BCUT2D eigenvalue weighted by molar-refractivity contribution is 5.97. The van der Waals surface area contributed by atoms with Crippen LogP contribution in [-0.4, -0.2) is 23.7 Å². The topological polar surface area (TPSA) is 62.1 Å². The second-order valence-corrected chi connectivity index (χ2v) is 5.17. The number of carbonyl (C=O) groups is 1. The number of fused-ring (bicyclic) bond motifs is 2. The van der Waals surface area contributed by atoms with E-state index >= 15 is 0 Å². The number of anilines is 1. The summed E-state index contributed by atoms with van der Waals surface area (Å²) in [5.74, 6) is 0.707. The third-order valence-corrected chi connectivity index (χ3v) is 3.77. The predicted octanol–water partition coefficient (Wildman–Crippen LogP) is 3.57. The molecule has 5 heteroatoms. The summed E-state index contributed by atoms with van der Waals surface area (Å²) in [7, 11) is 1.72. The van der Waals surface area contributed by atoms with Gasteiger partial charge in [0.2, 0.25) is 6.41 Å². The zero-order valence-corrected chi connectivity index (χ0v) is 11.9. The Bertz CT molecular complexity index is 951. The summed E-state index contributed by atoms with van der Waals surface area (Å²) < 4.78 is 5.88. The Kier molecular flexibility index (Phi) is 2.72. The molecule has 4 aromatic rings. The number of aromatic nitrogens is 2. The summed E-state index contributed by atoms with van der Waals surface area (Å²) in [6, 6.07) is 15.5. The van der Waals surface area contributed by atoms with Gasteiger partial charge in [0.05, 0.1) is 5.52 Å². The van der Waals surface area contributed by atoms with Gasteiger partial charge >= 0.3 is 0 Å². The van der Waals surface area contributed by atoms with E-state index in [1.165, 1.54) is 4.90 Å². The third kappa shape index (κ3) is 1.87. The van der Waals surface area contributed by atoms with Crippen LogP contribution in [0.25, 0.3) is 33.3 Å². The molecule has 0 spiro atoms. The molecule has 2 aromatic carbocycles. The van der Waals surface area contributed by atoms with Gasteiger partial charge in [0.1, 0.15) is 11.3 Å². The zero-order valence-electron chi connectivity index (χ0n) is 11.9. The van der Waals surface area contributed by atoms with Crippen LogP contribution in [0.5, 0.6) is 0 Å². The molecule has 1 N–H and O–H groups in total. The molecular formula is C17H13N3O2.